The Labute approximate surface area is 202 Å². The standard InChI is InChI=1S/C23H30N4O8/c1-14-10-18(27-35-14)23(32)26-19(13-34-3)22(31)24-12-21(30)25-17(20(29)8-9-33-2)11-15-4-6-16(28)7-5-15/h4-7,10,17,19,28H,8-9,11-13H2,1-3H3,(H,24,31)(H,25,30)(H,26,32)/t17?,19-/m0/s1. The van der Waals surface area contributed by atoms with Crippen LogP contribution in [0.1, 0.15) is 28.2 Å². The normalized spacial score (nSPS) is 12.4. The Morgan fingerprint density at radius 2 is 1.77 bits per heavy atom. The van der Waals surface area contributed by atoms with Gasteiger partial charge in [-0.15, -0.1) is 0 Å². The molecule has 0 radical (unpaired) electrons. The Morgan fingerprint density at radius 3 is 2.37 bits per heavy atom. The van der Waals surface area contributed by atoms with Gasteiger partial charge in [-0.1, -0.05) is 17.3 Å². The van der Waals surface area contributed by atoms with E-state index in [0.29, 0.717) is 5.76 Å². The van der Waals surface area contributed by atoms with Crippen molar-refractivity contribution in [2.24, 2.45) is 0 Å². The zero-order valence-electron chi connectivity index (χ0n) is 19.8. The average Bonchev–Trinajstić information content (AvgIpc) is 3.28. The summed E-state index contributed by atoms with van der Waals surface area (Å²) in [4.78, 5) is 49.9. The number of Topliss-reactive ketones (excluding diaryl/α,β-unsaturated/α-hetero) is 1. The Hall–Kier alpha value is -3.77. The first kappa shape index (κ1) is 27.5. The largest absolute Gasteiger partial charge is 0.508 e. The van der Waals surface area contributed by atoms with Gasteiger partial charge in [-0.25, -0.2) is 0 Å². The first-order valence-electron chi connectivity index (χ1n) is 10.8. The molecule has 3 amide bonds. The number of carbonyl (C=O) groups is 4. The molecular formula is C23H30N4O8. The quantitative estimate of drug-likeness (QED) is 0.282. The minimum atomic E-state index is -1.09. The molecule has 1 aromatic heterocycles. The van der Waals surface area contributed by atoms with E-state index in [1.165, 1.54) is 32.4 Å². The SMILES string of the molecule is COCCC(=O)C(Cc1ccc(O)cc1)NC(=O)CNC(=O)[C@H](COC)NC(=O)c1cc(C)on1. The molecule has 35 heavy (non-hydrogen) atoms. The van der Waals surface area contributed by atoms with Crippen LogP contribution in [-0.2, 0) is 30.3 Å². The molecule has 0 aliphatic heterocycles. The third-order valence-electron chi connectivity index (χ3n) is 4.89. The van der Waals surface area contributed by atoms with E-state index in [1.807, 2.05) is 0 Å². The van der Waals surface area contributed by atoms with Crippen molar-refractivity contribution in [3.63, 3.8) is 0 Å². The molecule has 12 nitrogen and oxygen atoms in total. The third kappa shape index (κ3) is 9.18. The molecule has 0 bridgehead atoms. The lowest BCUT2D eigenvalue weighted by molar-refractivity contribution is -0.130. The number of ketones is 1. The first-order chi connectivity index (χ1) is 16.7. The maximum atomic E-state index is 12.6. The number of nitrogens with one attached hydrogen (secondary N) is 3. The zero-order valence-corrected chi connectivity index (χ0v) is 19.8. The average molecular weight is 491 g/mol. The Bertz CT molecular complexity index is 1010. The Balaban J connectivity index is 1.96. The van der Waals surface area contributed by atoms with Crippen LogP contribution in [0.4, 0.5) is 0 Å². The molecule has 12 heteroatoms. The van der Waals surface area contributed by atoms with Crippen LogP contribution in [0.5, 0.6) is 5.75 Å². The molecule has 0 saturated heterocycles. The highest BCUT2D eigenvalue weighted by molar-refractivity contribution is 5.97. The predicted molar refractivity (Wildman–Crippen MR) is 123 cm³/mol. The van der Waals surface area contributed by atoms with Crippen LogP contribution in [0, 0.1) is 6.92 Å². The number of amides is 3. The summed E-state index contributed by atoms with van der Waals surface area (Å²) in [6.07, 6.45) is 0.289. The number of ether oxygens (including phenoxy) is 2. The number of aromatic hydroxyl groups is 1. The molecule has 2 atom stereocenters. The fourth-order valence-corrected chi connectivity index (χ4v) is 3.08. The number of benzene rings is 1. The molecule has 1 unspecified atom stereocenters. The molecule has 190 valence electrons. The predicted octanol–water partition coefficient (Wildman–Crippen LogP) is -0.117. The second-order valence-electron chi connectivity index (χ2n) is 7.72. The highest BCUT2D eigenvalue weighted by Crippen LogP contribution is 2.12. The van der Waals surface area contributed by atoms with Crippen molar-refractivity contribution < 1.29 is 38.3 Å². The second kappa shape index (κ2) is 13.8. The lowest BCUT2D eigenvalue weighted by Crippen LogP contribution is -2.52. The molecule has 4 N–H and O–H groups in total. The number of hydrogen-bond acceptors (Lipinski definition) is 9. The maximum Gasteiger partial charge on any atom is 0.274 e. The number of aryl methyl sites for hydroxylation is 1. The van der Waals surface area contributed by atoms with Gasteiger partial charge >= 0.3 is 0 Å². The van der Waals surface area contributed by atoms with Crippen LogP contribution in [0.25, 0.3) is 0 Å². The van der Waals surface area contributed by atoms with Gasteiger partial charge in [0, 0.05) is 26.7 Å². The van der Waals surface area contributed by atoms with Gasteiger partial charge < -0.3 is 35.1 Å². The van der Waals surface area contributed by atoms with Crippen LogP contribution in [-0.4, -0.2) is 79.8 Å². The molecular weight excluding hydrogens is 460 g/mol. The lowest BCUT2D eigenvalue weighted by atomic mass is 10.0. The van der Waals surface area contributed by atoms with Crippen LogP contribution in [0.2, 0.25) is 0 Å². The van der Waals surface area contributed by atoms with E-state index in [1.54, 1.807) is 19.1 Å². The fraction of sp³-hybridized carbons (Fsp3) is 0.435. The van der Waals surface area contributed by atoms with Crippen LogP contribution >= 0.6 is 0 Å². The smallest absolute Gasteiger partial charge is 0.274 e. The highest BCUT2D eigenvalue weighted by Gasteiger charge is 2.25. The lowest BCUT2D eigenvalue weighted by Gasteiger charge is -2.20. The van der Waals surface area contributed by atoms with Crippen LogP contribution in [0.15, 0.2) is 34.9 Å². The van der Waals surface area contributed by atoms with Gasteiger partial charge in [-0.05, 0) is 31.0 Å². The molecule has 1 heterocycles. The number of rotatable bonds is 14. The van der Waals surface area contributed by atoms with Crippen molar-refractivity contribution in [1.82, 2.24) is 21.1 Å². The van der Waals surface area contributed by atoms with E-state index in [2.05, 4.69) is 21.1 Å². The van der Waals surface area contributed by atoms with E-state index in [4.69, 9.17) is 14.0 Å². The summed E-state index contributed by atoms with van der Waals surface area (Å²) in [5.74, 6) is -1.62. The molecule has 0 aliphatic rings. The number of hydrogen-bond donors (Lipinski definition) is 4. The summed E-state index contributed by atoms with van der Waals surface area (Å²) in [6, 6.07) is 5.73. The molecule has 0 fully saturated rings. The monoisotopic (exact) mass is 490 g/mol. The number of aromatic nitrogens is 1. The van der Waals surface area contributed by atoms with Crippen molar-refractivity contribution in [1.29, 1.82) is 0 Å². The molecule has 0 saturated carbocycles. The van der Waals surface area contributed by atoms with Crippen molar-refractivity contribution in [2.75, 3.05) is 34.0 Å². The fourth-order valence-electron chi connectivity index (χ4n) is 3.08. The summed E-state index contributed by atoms with van der Waals surface area (Å²) >= 11 is 0. The topological polar surface area (TPSA) is 169 Å². The summed E-state index contributed by atoms with van der Waals surface area (Å²) < 4.78 is 14.8. The summed E-state index contributed by atoms with van der Waals surface area (Å²) in [5, 5.41) is 20.6. The number of methoxy groups -OCH3 is 2. The first-order valence-corrected chi connectivity index (χ1v) is 10.8. The number of phenols is 1. The highest BCUT2D eigenvalue weighted by atomic mass is 16.5. The van der Waals surface area contributed by atoms with Gasteiger partial charge in [0.05, 0.1) is 25.8 Å². The van der Waals surface area contributed by atoms with Crippen molar-refractivity contribution >= 4 is 23.5 Å². The van der Waals surface area contributed by atoms with Crippen molar-refractivity contribution in [3.05, 3.63) is 47.3 Å². The Kier molecular flexibility index (Phi) is 10.8. The van der Waals surface area contributed by atoms with Gasteiger partial charge in [0.1, 0.15) is 17.6 Å². The summed E-state index contributed by atoms with van der Waals surface area (Å²) in [6.45, 7) is 1.24. The third-order valence-corrected chi connectivity index (χ3v) is 4.89. The van der Waals surface area contributed by atoms with Crippen LogP contribution < -0.4 is 16.0 Å². The second-order valence-corrected chi connectivity index (χ2v) is 7.72. The number of nitrogens with zero attached hydrogens (tertiary/aromatic N) is 1. The Morgan fingerprint density at radius 1 is 1.06 bits per heavy atom. The van der Waals surface area contributed by atoms with Crippen molar-refractivity contribution in [3.8, 4) is 5.75 Å². The zero-order chi connectivity index (χ0) is 25.8. The van der Waals surface area contributed by atoms with E-state index >= 15 is 0 Å². The van der Waals surface area contributed by atoms with Gasteiger partial charge in [-0.3, -0.25) is 19.2 Å². The summed E-state index contributed by atoms with van der Waals surface area (Å²) in [7, 11) is 2.83. The number of phenolic OH excluding ortho intramolecular Hbond substituents is 1. The minimum absolute atomic E-state index is 0.000731. The van der Waals surface area contributed by atoms with Gasteiger partial charge in [0.25, 0.3) is 5.91 Å². The molecule has 0 spiro atoms. The molecule has 1 aromatic carbocycles. The molecule has 0 aliphatic carbocycles. The van der Waals surface area contributed by atoms with Crippen LogP contribution in [0.3, 0.4) is 0 Å². The van der Waals surface area contributed by atoms with Gasteiger partial charge in [-0.2, -0.15) is 0 Å². The van der Waals surface area contributed by atoms with E-state index in [-0.39, 0.29) is 43.3 Å². The minimum Gasteiger partial charge on any atom is -0.508 e. The maximum absolute atomic E-state index is 12.6. The van der Waals surface area contributed by atoms with Gasteiger partial charge in [0.15, 0.2) is 11.5 Å². The number of carbonyl (C=O) groups excluding carboxylic acids is 4. The van der Waals surface area contributed by atoms with E-state index < -0.39 is 36.3 Å². The summed E-state index contributed by atoms with van der Waals surface area (Å²) in [5.41, 5.74) is 0.731. The van der Waals surface area contributed by atoms with E-state index in [0.717, 1.165) is 5.56 Å². The van der Waals surface area contributed by atoms with Crippen molar-refractivity contribution in [2.45, 2.75) is 31.8 Å². The van der Waals surface area contributed by atoms with Gasteiger partial charge in [0.2, 0.25) is 11.8 Å². The van der Waals surface area contributed by atoms with E-state index in [9.17, 15) is 24.3 Å². The molecule has 2 rings (SSSR count). The molecule has 2 aromatic rings.